The van der Waals surface area contributed by atoms with Gasteiger partial charge in [0.2, 0.25) is 0 Å². The number of methoxy groups -OCH3 is 1. The highest BCUT2D eigenvalue weighted by molar-refractivity contribution is 6.32. The summed E-state index contributed by atoms with van der Waals surface area (Å²) in [6, 6.07) is 3.94. The van der Waals surface area contributed by atoms with E-state index in [0.717, 1.165) is 0 Å². The number of nitrogens with one attached hydrogen (secondary N) is 2. The van der Waals surface area contributed by atoms with Crippen LogP contribution in [0.1, 0.15) is 19.8 Å². The number of aliphatic carboxylic acids is 1. The molecule has 0 aliphatic rings. The van der Waals surface area contributed by atoms with Crippen molar-refractivity contribution in [2.75, 3.05) is 12.4 Å². The van der Waals surface area contributed by atoms with Crippen molar-refractivity contribution in [2.45, 2.75) is 25.8 Å². The smallest absolute Gasteiger partial charge is 0.319 e. The molecular weight excluding hydrogens is 284 g/mol. The number of halogens is 1. The average Bonchev–Trinajstić information content (AvgIpc) is 2.37. The third-order valence-corrected chi connectivity index (χ3v) is 2.95. The van der Waals surface area contributed by atoms with Crippen LogP contribution in [0.2, 0.25) is 5.02 Å². The maximum Gasteiger partial charge on any atom is 0.319 e. The number of hydrogen-bond acceptors (Lipinski definition) is 3. The van der Waals surface area contributed by atoms with Crippen molar-refractivity contribution in [3.05, 3.63) is 23.2 Å². The normalized spacial score (nSPS) is 11.6. The van der Waals surface area contributed by atoms with Crippen molar-refractivity contribution in [2.24, 2.45) is 0 Å². The topological polar surface area (TPSA) is 87.7 Å². The van der Waals surface area contributed by atoms with Crippen molar-refractivity contribution in [1.29, 1.82) is 0 Å². The van der Waals surface area contributed by atoms with E-state index < -0.39 is 18.0 Å². The molecule has 1 aromatic carbocycles. The molecule has 110 valence electrons. The lowest BCUT2D eigenvalue weighted by molar-refractivity contribution is -0.137. The Morgan fingerprint density at radius 1 is 1.45 bits per heavy atom. The molecular formula is C13H17ClN2O4. The third-order valence-electron chi connectivity index (χ3n) is 2.66. The molecule has 1 rings (SSSR count). The van der Waals surface area contributed by atoms with Crippen LogP contribution in [0, 0.1) is 0 Å². The minimum atomic E-state index is -0.954. The van der Waals surface area contributed by atoms with E-state index in [4.69, 9.17) is 21.4 Å². The zero-order chi connectivity index (χ0) is 15.1. The van der Waals surface area contributed by atoms with E-state index in [9.17, 15) is 9.59 Å². The van der Waals surface area contributed by atoms with Crippen LogP contribution in [0.25, 0.3) is 0 Å². The molecule has 0 radical (unpaired) electrons. The molecule has 2 amide bonds. The van der Waals surface area contributed by atoms with Gasteiger partial charge < -0.3 is 20.5 Å². The van der Waals surface area contributed by atoms with Crippen LogP contribution in [0.5, 0.6) is 5.75 Å². The van der Waals surface area contributed by atoms with Crippen LogP contribution in [0.15, 0.2) is 18.2 Å². The van der Waals surface area contributed by atoms with Gasteiger partial charge in [0.05, 0.1) is 18.6 Å². The lowest BCUT2D eigenvalue weighted by Gasteiger charge is -2.15. The van der Waals surface area contributed by atoms with Gasteiger partial charge in [0.15, 0.2) is 0 Å². The molecule has 0 saturated heterocycles. The van der Waals surface area contributed by atoms with E-state index in [1.54, 1.807) is 25.1 Å². The lowest BCUT2D eigenvalue weighted by atomic mass is 10.1. The molecule has 0 bridgehead atoms. The number of carboxylic acids is 1. The summed E-state index contributed by atoms with van der Waals surface area (Å²) >= 11 is 5.94. The summed E-state index contributed by atoms with van der Waals surface area (Å²) in [4.78, 5) is 22.4. The van der Waals surface area contributed by atoms with E-state index in [1.807, 2.05) is 0 Å². The Labute approximate surface area is 122 Å². The summed E-state index contributed by atoms with van der Waals surface area (Å²) < 4.78 is 5.01. The number of carbonyl (C=O) groups is 2. The Morgan fingerprint density at radius 2 is 2.15 bits per heavy atom. The Balaban J connectivity index is 2.61. The SMILES string of the molecule is CCC(CC(=O)O)NC(=O)Nc1ccc(OC)c(Cl)c1. The van der Waals surface area contributed by atoms with Crippen molar-refractivity contribution < 1.29 is 19.4 Å². The number of urea groups is 1. The quantitative estimate of drug-likeness (QED) is 0.754. The minimum absolute atomic E-state index is 0.118. The summed E-state index contributed by atoms with van der Waals surface area (Å²) in [5.74, 6) is -0.445. The van der Waals surface area contributed by atoms with Gasteiger partial charge in [-0.2, -0.15) is 0 Å². The molecule has 0 aliphatic carbocycles. The molecule has 0 fully saturated rings. The number of hydrogen-bond donors (Lipinski definition) is 3. The third kappa shape index (κ3) is 4.97. The fourth-order valence-corrected chi connectivity index (χ4v) is 1.86. The van der Waals surface area contributed by atoms with Crippen LogP contribution in [-0.4, -0.2) is 30.3 Å². The number of ether oxygens (including phenoxy) is 1. The Bertz CT molecular complexity index is 493. The van der Waals surface area contributed by atoms with Crippen LogP contribution >= 0.6 is 11.6 Å². The van der Waals surface area contributed by atoms with Gasteiger partial charge in [-0.25, -0.2) is 4.79 Å². The second kappa shape index (κ2) is 7.59. The first-order chi connectivity index (χ1) is 9.46. The lowest BCUT2D eigenvalue weighted by Crippen LogP contribution is -2.38. The highest BCUT2D eigenvalue weighted by Crippen LogP contribution is 2.27. The number of amides is 2. The fraction of sp³-hybridized carbons (Fsp3) is 0.385. The number of anilines is 1. The maximum atomic E-state index is 11.7. The molecule has 3 N–H and O–H groups in total. The fourth-order valence-electron chi connectivity index (χ4n) is 1.60. The summed E-state index contributed by atoms with van der Waals surface area (Å²) in [6.45, 7) is 1.80. The summed E-state index contributed by atoms with van der Waals surface area (Å²) in [5.41, 5.74) is 0.499. The number of rotatable bonds is 6. The Morgan fingerprint density at radius 3 is 2.65 bits per heavy atom. The van der Waals surface area contributed by atoms with E-state index in [1.165, 1.54) is 7.11 Å². The van der Waals surface area contributed by atoms with Gasteiger partial charge in [-0.05, 0) is 24.6 Å². The number of benzene rings is 1. The molecule has 0 heterocycles. The predicted octanol–water partition coefficient (Wildman–Crippen LogP) is 2.72. The molecule has 1 aromatic rings. The first-order valence-corrected chi connectivity index (χ1v) is 6.47. The van der Waals surface area contributed by atoms with Crippen molar-refractivity contribution in [3.8, 4) is 5.75 Å². The molecule has 0 aromatic heterocycles. The van der Waals surface area contributed by atoms with Gasteiger partial charge in [-0.3, -0.25) is 4.79 Å². The Kier molecular flexibility index (Phi) is 6.11. The maximum absolute atomic E-state index is 11.7. The highest BCUT2D eigenvalue weighted by Gasteiger charge is 2.14. The zero-order valence-electron chi connectivity index (χ0n) is 11.3. The van der Waals surface area contributed by atoms with E-state index in [-0.39, 0.29) is 6.42 Å². The minimum Gasteiger partial charge on any atom is -0.495 e. The number of carboxylic acid groups (broad SMARTS) is 1. The van der Waals surface area contributed by atoms with Gasteiger partial charge in [-0.15, -0.1) is 0 Å². The van der Waals surface area contributed by atoms with Gasteiger partial charge in [0, 0.05) is 11.7 Å². The van der Waals surface area contributed by atoms with Crippen LogP contribution in [-0.2, 0) is 4.79 Å². The van der Waals surface area contributed by atoms with Gasteiger partial charge in [0.25, 0.3) is 0 Å². The zero-order valence-corrected chi connectivity index (χ0v) is 12.0. The molecule has 1 atom stereocenters. The van der Waals surface area contributed by atoms with Gasteiger partial charge in [-0.1, -0.05) is 18.5 Å². The van der Waals surface area contributed by atoms with Crippen molar-refractivity contribution in [3.63, 3.8) is 0 Å². The first-order valence-electron chi connectivity index (χ1n) is 6.09. The monoisotopic (exact) mass is 300 g/mol. The van der Waals surface area contributed by atoms with Gasteiger partial charge in [0.1, 0.15) is 5.75 Å². The number of carbonyl (C=O) groups excluding carboxylic acids is 1. The average molecular weight is 301 g/mol. The predicted molar refractivity (Wildman–Crippen MR) is 76.5 cm³/mol. The molecule has 0 spiro atoms. The van der Waals surface area contributed by atoms with Crippen LogP contribution in [0.3, 0.4) is 0 Å². The van der Waals surface area contributed by atoms with E-state index in [0.29, 0.717) is 22.9 Å². The van der Waals surface area contributed by atoms with Crippen molar-refractivity contribution in [1.82, 2.24) is 5.32 Å². The van der Waals surface area contributed by atoms with Crippen LogP contribution < -0.4 is 15.4 Å². The van der Waals surface area contributed by atoms with E-state index in [2.05, 4.69) is 10.6 Å². The molecule has 20 heavy (non-hydrogen) atoms. The largest absolute Gasteiger partial charge is 0.495 e. The standard InChI is InChI=1S/C13H17ClN2O4/c1-3-8(7-12(17)18)15-13(19)16-9-4-5-11(20-2)10(14)6-9/h4-6,8H,3,7H2,1-2H3,(H,17,18)(H2,15,16,19). The van der Waals surface area contributed by atoms with Crippen LogP contribution in [0.4, 0.5) is 10.5 Å². The highest BCUT2D eigenvalue weighted by atomic mass is 35.5. The summed E-state index contributed by atoms with van der Waals surface area (Å²) in [6.07, 6.45) is 0.413. The summed E-state index contributed by atoms with van der Waals surface area (Å²) in [5, 5.41) is 14.3. The second-order valence-electron chi connectivity index (χ2n) is 4.15. The molecule has 0 saturated carbocycles. The molecule has 7 heteroatoms. The molecule has 1 unspecified atom stereocenters. The second-order valence-corrected chi connectivity index (χ2v) is 4.56. The summed E-state index contributed by atoms with van der Waals surface area (Å²) in [7, 11) is 1.50. The first kappa shape index (κ1) is 16.1. The van der Waals surface area contributed by atoms with Crippen molar-refractivity contribution >= 4 is 29.3 Å². The Hall–Kier alpha value is -1.95. The van der Waals surface area contributed by atoms with Gasteiger partial charge >= 0.3 is 12.0 Å². The van der Waals surface area contributed by atoms with E-state index >= 15 is 0 Å². The molecule has 6 nitrogen and oxygen atoms in total. The molecule has 0 aliphatic heterocycles.